The summed E-state index contributed by atoms with van der Waals surface area (Å²) in [6.07, 6.45) is -0.473. The van der Waals surface area contributed by atoms with Gasteiger partial charge in [-0.15, -0.1) is 0 Å². The number of aromatic hydroxyl groups is 1. The van der Waals surface area contributed by atoms with Gasteiger partial charge in [-0.2, -0.15) is 10.5 Å². The summed E-state index contributed by atoms with van der Waals surface area (Å²) >= 11 is 0. The van der Waals surface area contributed by atoms with Gasteiger partial charge in [-0.05, 0) is 71.8 Å². The third kappa shape index (κ3) is 9.78. The zero-order valence-corrected chi connectivity index (χ0v) is 31.2. The normalized spacial score (nSPS) is 12.9. The maximum Gasteiger partial charge on any atom is 0.367 e. The van der Waals surface area contributed by atoms with E-state index >= 15 is 0 Å². The van der Waals surface area contributed by atoms with Crippen LogP contribution in [0.15, 0.2) is 87.4 Å². The van der Waals surface area contributed by atoms with E-state index in [1.54, 1.807) is 66.7 Å². The molecule has 0 aliphatic heterocycles. The molecule has 0 aliphatic rings. The zero-order chi connectivity index (χ0) is 39.2. The summed E-state index contributed by atoms with van der Waals surface area (Å²) in [7, 11) is -8.04. The Morgan fingerprint density at radius 2 is 1.29 bits per heavy atom. The van der Waals surface area contributed by atoms with Gasteiger partial charge in [-0.25, -0.2) is 21.6 Å². The number of hydrogen-bond acceptors (Lipinski definition) is 11. The first-order valence-corrected chi connectivity index (χ1v) is 18.7. The minimum Gasteiger partial charge on any atom is -0.506 e. The number of allylic oxidation sites excluding steroid dienone is 2. The highest BCUT2D eigenvalue weighted by molar-refractivity contribution is 7.94. The molecule has 0 saturated heterocycles. The fourth-order valence-electron chi connectivity index (χ4n) is 4.93. The summed E-state index contributed by atoms with van der Waals surface area (Å²) in [6, 6.07) is 15.1. The number of ether oxygens (including phenoxy) is 2. The Labute approximate surface area is 303 Å². The molecular formula is C37H39N3O10S2. The molecule has 3 rings (SSSR count). The second kappa shape index (κ2) is 15.7. The maximum atomic E-state index is 14.1. The molecule has 1 unspecified atom stereocenters. The molecule has 0 heterocycles. The van der Waals surface area contributed by atoms with Crippen molar-refractivity contribution < 1.29 is 46.1 Å². The lowest BCUT2D eigenvalue weighted by molar-refractivity contribution is -0.147. The number of carbonyl (C=O) groups is 2. The Balaban J connectivity index is 2.15. The second-order valence-corrected chi connectivity index (χ2v) is 17.3. The molecule has 1 atom stereocenters. The van der Waals surface area contributed by atoms with Crippen LogP contribution in [0.2, 0.25) is 0 Å². The van der Waals surface area contributed by atoms with E-state index in [1.165, 1.54) is 48.5 Å². The largest absolute Gasteiger partial charge is 0.506 e. The number of carboxylic acid groups (broad SMARTS) is 1. The highest BCUT2D eigenvalue weighted by Gasteiger charge is 2.37. The average molecular weight is 750 g/mol. The van der Waals surface area contributed by atoms with Crippen LogP contribution in [0.4, 0.5) is 5.69 Å². The summed E-state index contributed by atoms with van der Waals surface area (Å²) < 4.78 is 63.1. The van der Waals surface area contributed by atoms with Crippen molar-refractivity contribution in [1.82, 2.24) is 0 Å². The van der Waals surface area contributed by atoms with E-state index in [0.29, 0.717) is 16.0 Å². The monoisotopic (exact) mass is 749 g/mol. The first-order chi connectivity index (χ1) is 24.0. The van der Waals surface area contributed by atoms with Crippen molar-refractivity contribution in [2.45, 2.75) is 75.3 Å². The molecule has 3 aromatic rings. The number of nitriles is 2. The van der Waals surface area contributed by atoms with E-state index in [2.05, 4.69) is 0 Å². The molecule has 274 valence electrons. The smallest absolute Gasteiger partial charge is 0.367 e. The van der Waals surface area contributed by atoms with Gasteiger partial charge in [0.05, 0.1) is 27.6 Å². The molecule has 0 spiro atoms. The maximum absolute atomic E-state index is 14.1. The van der Waals surface area contributed by atoms with E-state index in [-0.39, 0.29) is 32.5 Å². The minimum atomic E-state index is -4.05. The zero-order valence-electron chi connectivity index (χ0n) is 29.6. The number of nitrogens with zero attached hydrogens (tertiary/aromatic N) is 3. The molecule has 13 nitrogen and oxygen atoms in total. The summed E-state index contributed by atoms with van der Waals surface area (Å²) in [6.45, 7) is 11.4. The molecule has 0 saturated carbocycles. The lowest BCUT2D eigenvalue weighted by atomic mass is 9.86. The molecule has 0 radical (unpaired) electrons. The quantitative estimate of drug-likeness (QED) is 0.166. The number of carboxylic acids is 1. The highest BCUT2D eigenvalue weighted by Crippen LogP contribution is 2.38. The number of anilines is 1. The van der Waals surface area contributed by atoms with Gasteiger partial charge in [-0.3, -0.25) is 9.69 Å². The van der Waals surface area contributed by atoms with Crippen molar-refractivity contribution >= 4 is 37.2 Å². The summed E-state index contributed by atoms with van der Waals surface area (Å²) in [5, 5.41) is 40.5. The molecule has 15 heteroatoms. The molecule has 0 aromatic heterocycles. The third-order valence-corrected chi connectivity index (χ3v) is 10.3. The molecule has 2 N–H and O–H groups in total. The molecule has 0 fully saturated rings. The van der Waals surface area contributed by atoms with E-state index in [1.807, 2.05) is 0 Å². The van der Waals surface area contributed by atoms with Gasteiger partial charge in [0, 0.05) is 34.1 Å². The summed E-state index contributed by atoms with van der Waals surface area (Å²) in [4.78, 5) is 27.4. The number of carbonyl (C=O) groups excluding carboxylic acids is 1. The van der Waals surface area contributed by atoms with Crippen molar-refractivity contribution in [2.24, 2.45) is 0 Å². The van der Waals surface area contributed by atoms with Crippen LogP contribution in [-0.4, -0.2) is 51.8 Å². The van der Waals surface area contributed by atoms with Gasteiger partial charge in [-0.1, -0.05) is 47.6 Å². The van der Waals surface area contributed by atoms with Crippen molar-refractivity contribution in [2.75, 3.05) is 11.5 Å². The van der Waals surface area contributed by atoms with Crippen LogP contribution in [0.5, 0.6) is 17.2 Å². The second-order valence-electron chi connectivity index (χ2n) is 13.6. The van der Waals surface area contributed by atoms with Gasteiger partial charge >= 0.3 is 5.97 Å². The first kappa shape index (κ1) is 40.8. The molecule has 3 aromatic carbocycles. The van der Waals surface area contributed by atoms with Crippen LogP contribution in [-0.2, 0) is 40.1 Å². The van der Waals surface area contributed by atoms with Gasteiger partial charge < -0.3 is 19.7 Å². The number of phenolic OH excluding ortho intramolecular Hbond substituents is 1. The van der Waals surface area contributed by atoms with Crippen LogP contribution in [0.25, 0.3) is 0 Å². The van der Waals surface area contributed by atoms with Gasteiger partial charge in [0.15, 0.2) is 6.61 Å². The number of hydrogen-bond donors (Lipinski definition) is 2. The number of aliphatic carboxylic acids is 1. The number of benzene rings is 3. The fraction of sp³-hybridized carbons (Fsp3) is 0.297. The van der Waals surface area contributed by atoms with Gasteiger partial charge in [0.2, 0.25) is 19.7 Å². The van der Waals surface area contributed by atoms with E-state index in [0.717, 1.165) is 23.0 Å². The lowest BCUT2D eigenvalue weighted by Crippen LogP contribution is -2.51. The molecule has 0 aliphatic carbocycles. The Morgan fingerprint density at radius 3 is 1.75 bits per heavy atom. The SMILES string of the molecule is Cc1ccc(O)c(N(C(=O)COc2ccc(S(=O)(=O)/C=C/C#N)cc2C(C)(C)C)C(Oc2ccc(S(=O)(=O)/C=C/C#N)cc2C(C)(C)C)C(=O)O)c1. The molecule has 0 bridgehead atoms. The predicted molar refractivity (Wildman–Crippen MR) is 192 cm³/mol. The van der Waals surface area contributed by atoms with Crippen LogP contribution in [0.3, 0.4) is 0 Å². The van der Waals surface area contributed by atoms with Crippen LogP contribution in [0, 0.1) is 29.6 Å². The first-order valence-electron chi connectivity index (χ1n) is 15.6. The Hall–Kier alpha value is -5.64. The Morgan fingerprint density at radius 1 is 0.808 bits per heavy atom. The van der Waals surface area contributed by atoms with Gasteiger partial charge in [0.25, 0.3) is 12.1 Å². The van der Waals surface area contributed by atoms with E-state index in [4.69, 9.17) is 20.0 Å². The van der Waals surface area contributed by atoms with E-state index in [9.17, 15) is 36.6 Å². The minimum absolute atomic E-state index is 0.0776. The van der Waals surface area contributed by atoms with Crippen molar-refractivity contribution in [3.05, 3.63) is 94.3 Å². The standard InChI is InChI=1S/C37H39N3O10S2/c1-24-10-13-30(41)29(20-24)40(33(42)23-49-31-14-11-25(21-27(31)36(2,3)4)51(45,46)18-8-16-38)34(35(43)44)50-32-15-12-26(22-28(32)37(5,6)7)52(47,48)19-9-17-39/h8-15,18-22,34,41H,23H2,1-7H3,(H,43,44)/b18-8+,19-9+. The Kier molecular flexibility index (Phi) is 12.3. The number of phenols is 1. The highest BCUT2D eigenvalue weighted by atomic mass is 32.2. The Bertz CT molecular complexity index is 2230. The fourth-order valence-corrected chi connectivity index (χ4v) is 6.80. The topological polar surface area (TPSA) is 212 Å². The van der Waals surface area contributed by atoms with Crippen molar-refractivity contribution in [1.29, 1.82) is 10.5 Å². The average Bonchev–Trinajstić information content (AvgIpc) is 3.05. The van der Waals surface area contributed by atoms with Gasteiger partial charge in [0.1, 0.15) is 17.2 Å². The van der Waals surface area contributed by atoms with Crippen LogP contribution >= 0.6 is 0 Å². The number of aryl methyl sites for hydroxylation is 1. The molecule has 1 amide bonds. The van der Waals surface area contributed by atoms with Crippen molar-refractivity contribution in [3.63, 3.8) is 0 Å². The summed E-state index contributed by atoms with van der Waals surface area (Å²) in [5.74, 6) is -3.03. The van der Waals surface area contributed by atoms with Crippen molar-refractivity contribution in [3.8, 4) is 29.4 Å². The number of amides is 1. The van der Waals surface area contributed by atoms with E-state index < -0.39 is 61.0 Å². The predicted octanol–water partition coefficient (Wildman–Crippen LogP) is 5.82. The summed E-state index contributed by atoms with van der Waals surface area (Å²) in [5.41, 5.74) is -0.546. The van der Waals surface area contributed by atoms with Crippen LogP contribution < -0.4 is 14.4 Å². The molecule has 52 heavy (non-hydrogen) atoms. The lowest BCUT2D eigenvalue weighted by Gasteiger charge is -2.32. The van der Waals surface area contributed by atoms with Crippen LogP contribution in [0.1, 0.15) is 58.2 Å². The third-order valence-electron chi connectivity index (χ3n) is 7.51. The number of rotatable bonds is 12. The molecular weight excluding hydrogens is 711 g/mol. The number of sulfone groups is 2.